The predicted octanol–water partition coefficient (Wildman–Crippen LogP) is 0.935. The molecule has 0 saturated carbocycles. The number of nitrogens with zero attached hydrogens (tertiary/aromatic N) is 2. The SMILES string of the molecule is CC1CC(C(O)c2cncnc2)CO1. The topological polar surface area (TPSA) is 55.2 Å². The molecule has 3 unspecified atom stereocenters. The maximum Gasteiger partial charge on any atom is 0.115 e. The molecule has 2 heterocycles. The first-order valence-electron chi connectivity index (χ1n) is 4.82. The predicted molar refractivity (Wildman–Crippen MR) is 50.5 cm³/mol. The molecule has 1 aliphatic heterocycles. The van der Waals surface area contributed by atoms with E-state index in [-0.39, 0.29) is 12.0 Å². The van der Waals surface area contributed by atoms with Gasteiger partial charge in [0, 0.05) is 23.9 Å². The molecular formula is C10H14N2O2. The Balaban J connectivity index is 2.05. The van der Waals surface area contributed by atoms with E-state index in [1.807, 2.05) is 6.92 Å². The van der Waals surface area contributed by atoms with Crippen molar-refractivity contribution < 1.29 is 9.84 Å². The summed E-state index contributed by atoms with van der Waals surface area (Å²) in [6.45, 7) is 2.64. The highest BCUT2D eigenvalue weighted by atomic mass is 16.5. The van der Waals surface area contributed by atoms with Crippen LogP contribution in [0.5, 0.6) is 0 Å². The molecule has 0 amide bonds. The van der Waals surface area contributed by atoms with E-state index in [1.165, 1.54) is 6.33 Å². The van der Waals surface area contributed by atoms with Gasteiger partial charge in [-0.05, 0) is 13.3 Å². The maximum absolute atomic E-state index is 9.98. The molecular weight excluding hydrogens is 180 g/mol. The molecule has 1 N–H and O–H groups in total. The van der Waals surface area contributed by atoms with Gasteiger partial charge in [-0.25, -0.2) is 9.97 Å². The summed E-state index contributed by atoms with van der Waals surface area (Å²) >= 11 is 0. The lowest BCUT2D eigenvalue weighted by atomic mass is 9.95. The maximum atomic E-state index is 9.98. The minimum Gasteiger partial charge on any atom is -0.388 e. The summed E-state index contributed by atoms with van der Waals surface area (Å²) in [6, 6.07) is 0. The third-order valence-electron chi connectivity index (χ3n) is 2.60. The van der Waals surface area contributed by atoms with E-state index in [2.05, 4.69) is 9.97 Å². The summed E-state index contributed by atoms with van der Waals surface area (Å²) in [5, 5.41) is 9.98. The first kappa shape index (κ1) is 9.55. The molecule has 1 saturated heterocycles. The lowest BCUT2D eigenvalue weighted by Gasteiger charge is -2.15. The highest BCUT2D eigenvalue weighted by Crippen LogP contribution is 2.30. The summed E-state index contributed by atoms with van der Waals surface area (Å²) in [6.07, 6.45) is 5.42. The fourth-order valence-electron chi connectivity index (χ4n) is 1.81. The Hall–Kier alpha value is -1.00. The number of rotatable bonds is 2. The Kier molecular flexibility index (Phi) is 2.74. The molecule has 14 heavy (non-hydrogen) atoms. The third kappa shape index (κ3) is 1.91. The van der Waals surface area contributed by atoms with Crippen molar-refractivity contribution in [2.75, 3.05) is 6.61 Å². The minimum absolute atomic E-state index is 0.177. The van der Waals surface area contributed by atoms with Crippen LogP contribution in [-0.4, -0.2) is 27.8 Å². The summed E-state index contributed by atoms with van der Waals surface area (Å²) < 4.78 is 5.41. The van der Waals surface area contributed by atoms with Gasteiger partial charge in [0.05, 0.1) is 18.8 Å². The Bertz CT molecular complexity index is 291. The second-order valence-corrected chi connectivity index (χ2v) is 3.76. The van der Waals surface area contributed by atoms with Gasteiger partial charge >= 0.3 is 0 Å². The zero-order valence-electron chi connectivity index (χ0n) is 8.13. The van der Waals surface area contributed by atoms with Gasteiger partial charge in [-0.1, -0.05) is 0 Å². The molecule has 1 aromatic heterocycles. The Morgan fingerprint density at radius 3 is 2.79 bits per heavy atom. The van der Waals surface area contributed by atoms with Gasteiger partial charge < -0.3 is 9.84 Å². The number of aromatic nitrogens is 2. The number of hydrogen-bond donors (Lipinski definition) is 1. The van der Waals surface area contributed by atoms with Gasteiger partial charge in [-0.15, -0.1) is 0 Å². The number of aliphatic hydroxyl groups excluding tert-OH is 1. The minimum atomic E-state index is -0.499. The van der Waals surface area contributed by atoms with Gasteiger partial charge in [0.15, 0.2) is 0 Å². The monoisotopic (exact) mass is 194 g/mol. The van der Waals surface area contributed by atoms with Crippen LogP contribution in [0.3, 0.4) is 0 Å². The van der Waals surface area contributed by atoms with Crippen LogP contribution in [0.2, 0.25) is 0 Å². The van der Waals surface area contributed by atoms with E-state index in [0.717, 1.165) is 12.0 Å². The molecule has 1 fully saturated rings. The zero-order valence-corrected chi connectivity index (χ0v) is 8.13. The summed E-state index contributed by atoms with van der Waals surface area (Å²) in [7, 11) is 0. The summed E-state index contributed by atoms with van der Waals surface area (Å²) in [5.74, 6) is 0.177. The highest BCUT2D eigenvalue weighted by Gasteiger charge is 2.29. The van der Waals surface area contributed by atoms with Crippen LogP contribution < -0.4 is 0 Å². The number of aliphatic hydroxyl groups is 1. The molecule has 4 heteroatoms. The van der Waals surface area contributed by atoms with Crippen molar-refractivity contribution >= 4 is 0 Å². The van der Waals surface area contributed by atoms with Crippen LogP contribution in [0.15, 0.2) is 18.7 Å². The average molecular weight is 194 g/mol. The molecule has 4 nitrogen and oxygen atoms in total. The molecule has 0 aliphatic carbocycles. The van der Waals surface area contributed by atoms with E-state index in [4.69, 9.17) is 4.74 Å². The van der Waals surface area contributed by atoms with E-state index in [0.29, 0.717) is 6.61 Å². The summed E-state index contributed by atoms with van der Waals surface area (Å²) in [5.41, 5.74) is 0.773. The van der Waals surface area contributed by atoms with Crippen molar-refractivity contribution in [2.45, 2.75) is 25.6 Å². The Morgan fingerprint density at radius 2 is 2.21 bits per heavy atom. The second kappa shape index (κ2) is 4.02. The van der Waals surface area contributed by atoms with E-state index < -0.39 is 6.10 Å². The van der Waals surface area contributed by atoms with Gasteiger partial charge in [-0.2, -0.15) is 0 Å². The molecule has 0 bridgehead atoms. The first-order valence-corrected chi connectivity index (χ1v) is 4.82. The van der Waals surface area contributed by atoms with Gasteiger partial charge in [0.25, 0.3) is 0 Å². The lowest BCUT2D eigenvalue weighted by molar-refractivity contribution is 0.0800. The molecule has 3 atom stereocenters. The van der Waals surface area contributed by atoms with Crippen molar-refractivity contribution in [3.05, 3.63) is 24.3 Å². The van der Waals surface area contributed by atoms with Gasteiger partial charge in [0.2, 0.25) is 0 Å². The number of hydrogen-bond acceptors (Lipinski definition) is 4. The van der Waals surface area contributed by atoms with Crippen molar-refractivity contribution in [3.63, 3.8) is 0 Å². The molecule has 1 aliphatic rings. The van der Waals surface area contributed by atoms with Crippen molar-refractivity contribution in [1.82, 2.24) is 9.97 Å². The van der Waals surface area contributed by atoms with Crippen LogP contribution in [-0.2, 0) is 4.74 Å². The Labute approximate surface area is 83.0 Å². The zero-order chi connectivity index (χ0) is 9.97. The molecule has 0 spiro atoms. The van der Waals surface area contributed by atoms with Crippen LogP contribution >= 0.6 is 0 Å². The average Bonchev–Trinajstić information content (AvgIpc) is 2.65. The summed E-state index contributed by atoms with van der Waals surface area (Å²) in [4.78, 5) is 7.77. The van der Waals surface area contributed by atoms with Crippen LogP contribution in [0.25, 0.3) is 0 Å². The quantitative estimate of drug-likeness (QED) is 0.761. The normalized spacial score (nSPS) is 29.0. The molecule has 1 aromatic rings. The number of ether oxygens (including phenoxy) is 1. The standard InChI is InChI=1S/C10H14N2O2/c1-7-2-8(5-14-7)10(13)9-3-11-6-12-4-9/h3-4,6-8,10,13H,2,5H2,1H3. The van der Waals surface area contributed by atoms with E-state index >= 15 is 0 Å². The fourth-order valence-corrected chi connectivity index (χ4v) is 1.81. The van der Waals surface area contributed by atoms with Gasteiger partial charge in [-0.3, -0.25) is 0 Å². The third-order valence-corrected chi connectivity index (χ3v) is 2.60. The largest absolute Gasteiger partial charge is 0.388 e. The van der Waals surface area contributed by atoms with Crippen molar-refractivity contribution in [3.8, 4) is 0 Å². The highest BCUT2D eigenvalue weighted by molar-refractivity contribution is 5.08. The van der Waals surface area contributed by atoms with E-state index in [9.17, 15) is 5.11 Å². The van der Waals surface area contributed by atoms with Gasteiger partial charge in [0.1, 0.15) is 6.33 Å². The van der Waals surface area contributed by atoms with Crippen LogP contribution in [0.1, 0.15) is 25.0 Å². The van der Waals surface area contributed by atoms with Crippen LogP contribution in [0.4, 0.5) is 0 Å². The Morgan fingerprint density at radius 1 is 1.50 bits per heavy atom. The first-order chi connectivity index (χ1) is 6.77. The van der Waals surface area contributed by atoms with Crippen molar-refractivity contribution in [1.29, 1.82) is 0 Å². The smallest absolute Gasteiger partial charge is 0.115 e. The molecule has 0 aromatic carbocycles. The van der Waals surface area contributed by atoms with E-state index in [1.54, 1.807) is 12.4 Å². The second-order valence-electron chi connectivity index (χ2n) is 3.76. The fraction of sp³-hybridized carbons (Fsp3) is 0.600. The van der Waals surface area contributed by atoms with Crippen molar-refractivity contribution in [2.24, 2.45) is 5.92 Å². The molecule has 0 radical (unpaired) electrons. The molecule has 76 valence electrons. The van der Waals surface area contributed by atoms with Crippen LogP contribution in [0, 0.1) is 5.92 Å². The molecule has 2 rings (SSSR count). The lowest BCUT2D eigenvalue weighted by Crippen LogP contribution is -2.13.